The van der Waals surface area contributed by atoms with Gasteiger partial charge in [0.2, 0.25) is 0 Å². The van der Waals surface area contributed by atoms with Gasteiger partial charge in [0.15, 0.2) is 0 Å². The Kier molecular flexibility index (Phi) is 4.15. The fraction of sp³-hybridized carbons (Fsp3) is 0.400. The maximum absolute atomic E-state index is 4.29. The average molecular weight is 243 g/mol. The molecule has 3 heteroatoms. The molecule has 18 heavy (non-hydrogen) atoms. The van der Waals surface area contributed by atoms with Crippen LogP contribution in [-0.4, -0.2) is 23.1 Å². The van der Waals surface area contributed by atoms with E-state index in [1.807, 2.05) is 13.2 Å². The summed E-state index contributed by atoms with van der Waals surface area (Å²) in [6.45, 7) is 4.32. The molecule has 0 fully saturated rings. The maximum Gasteiger partial charge on any atom is 0.107 e. The molecule has 2 rings (SSSR count). The first kappa shape index (κ1) is 12.8. The number of aryl methyl sites for hydroxylation is 2. The lowest BCUT2D eigenvalue weighted by Gasteiger charge is -2.17. The normalized spacial score (nSPS) is 12.6. The second-order valence-corrected chi connectivity index (χ2v) is 4.86. The highest BCUT2D eigenvalue weighted by molar-refractivity contribution is 5.31. The van der Waals surface area contributed by atoms with Crippen molar-refractivity contribution >= 4 is 0 Å². The minimum atomic E-state index is 0.414. The Morgan fingerprint density at radius 3 is 2.78 bits per heavy atom. The van der Waals surface area contributed by atoms with Crippen molar-refractivity contribution in [3.8, 4) is 0 Å². The number of hydrogen-bond donors (Lipinski definition) is 2. The summed E-state index contributed by atoms with van der Waals surface area (Å²) in [5.41, 5.74) is 4.10. The van der Waals surface area contributed by atoms with Crippen LogP contribution >= 0.6 is 0 Å². The number of H-pyrrole nitrogens is 1. The van der Waals surface area contributed by atoms with Crippen LogP contribution < -0.4 is 5.32 Å². The van der Waals surface area contributed by atoms with E-state index in [0.717, 1.165) is 18.7 Å². The molecule has 0 aliphatic rings. The molecule has 2 aromatic rings. The Morgan fingerprint density at radius 1 is 1.28 bits per heavy atom. The number of hydrogen-bond acceptors (Lipinski definition) is 2. The molecular weight excluding hydrogens is 222 g/mol. The van der Waals surface area contributed by atoms with Gasteiger partial charge in [0.25, 0.3) is 0 Å². The molecule has 1 aromatic carbocycles. The molecule has 0 saturated carbocycles. The number of likely N-dealkylation sites (N-methyl/N-ethyl adjacent to an activating group) is 1. The summed E-state index contributed by atoms with van der Waals surface area (Å²) < 4.78 is 0. The van der Waals surface area contributed by atoms with Gasteiger partial charge in [0.05, 0.1) is 0 Å². The van der Waals surface area contributed by atoms with E-state index in [-0.39, 0.29) is 0 Å². The van der Waals surface area contributed by atoms with Crippen LogP contribution in [0.4, 0.5) is 0 Å². The first-order chi connectivity index (χ1) is 8.69. The molecule has 0 saturated heterocycles. The van der Waals surface area contributed by atoms with Gasteiger partial charge in [-0.05, 0) is 38.4 Å². The molecule has 3 nitrogen and oxygen atoms in total. The minimum absolute atomic E-state index is 0.414. The van der Waals surface area contributed by atoms with Crippen LogP contribution in [0.25, 0.3) is 0 Å². The van der Waals surface area contributed by atoms with Crippen LogP contribution in [0.5, 0.6) is 0 Å². The molecule has 2 N–H and O–H groups in total. The Labute approximate surface area is 109 Å². The van der Waals surface area contributed by atoms with Crippen LogP contribution in [0.15, 0.2) is 30.6 Å². The van der Waals surface area contributed by atoms with Crippen molar-refractivity contribution in [1.29, 1.82) is 0 Å². The van der Waals surface area contributed by atoms with Crippen LogP contribution in [0.2, 0.25) is 0 Å². The van der Waals surface area contributed by atoms with E-state index in [9.17, 15) is 0 Å². The van der Waals surface area contributed by atoms with Crippen molar-refractivity contribution in [1.82, 2.24) is 15.3 Å². The predicted molar refractivity (Wildman–Crippen MR) is 74.8 cm³/mol. The molecule has 0 aliphatic carbocycles. The van der Waals surface area contributed by atoms with Gasteiger partial charge in [0, 0.05) is 24.9 Å². The summed E-state index contributed by atoms with van der Waals surface area (Å²) in [7, 11) is 2.01. The highest BCUT2D eigenvalue weighted by Crippen LogP contribution is 2.14. The fourth-order valence-electron chi connectivity index (χ4n) is 2.20. The number of imidazole rings is 1. The molecule has 1 heterocycles. The first-order valence-corrected chi connectivity index (χ1v) is 6.40. The van der Waals surface area contributed by atoms with Crippen molar-refractivity contribution in [3.05, 3.63) is 53.1 Å². The third kappa shape index (κ3) is 3.20. The van der Waals surface area contributed by atoms with Gasteiger partial charge in [0.1, 0.15) is 5.82 Å². The Bertz CT molecular complexity index is 488. The molecule has 1 unspecified atom stereocenters. The number of aromatic amines is 1. The molecule has 0 amide bonds. The average Bonchev–Trinajstić information content (AvgIpc) is 2.85. The molecule has 0 spiro atoms. The summed E-state index contributed by atoms with van der Waals surface area (Å²) in [5.74, 6) is 1.04. The zero-order valence-corrected chi connectivity index (χ0v) is 11.3. The van der Waals surface area contributed by atoms with Gasteiger partial charge >= 0.3 is 0 Å². The van der Waals surface area contributed by atoms with Gasteiger partial charge in [-0.2, -0.15) is 0 Å². The van der Waals surface area contributed by atoms with E-state index in [4.69, 9.17) is 0 Å². The zero-order chi connectivity index (χ0) is 13.0. The minimum Gasteiger partial charge on any atom is -0.349 e. The molecule has 0 bridgehead atoms. The largest absolute Gasteiger partial charge is 0.349 e. The van der Waals surface area contributed by atoms with Gasteiger partial charge in [-0.15, -0.1) is 0 Å². The fourth-order valence-corrected chi connectivity index (χ4v) is 2.20. The van der Waals surface area contributed by atoms with Crippen LogP contribution in [0.1, 0.15) is 22.5 Å². The highest BCUT2D eigenvalue weighted by atomic mass is 14.9. The lowest BCUT2D eigenvalue weighted by molar-refractivity contribution is 0.544. The summed E-state index contributed by atoms with van der Waals surface area (Å²) in [5, 5.41) is 3.38. The van der Waals surface area contributed by atoms with Crippen LogP contribution in [0.3, 0.4) is 0 Å². The first-order valence-electron chi connectivity index (χ1n) is 6.40. The molecular formula is C15H21N3. The Balaban J connectivity index is 2.07. The molecule has 0 aliphatic heterocycles. The number of nitrogens with zero attached hydrogens (tertiary/aromatic N) is 1. The van der Waals surface area contributed by atoms with E-state index >= 15 is 0 Å². The monoisotopic (exact) mass is 243 g/mol. The number of nitrogens with one attached hydrogen (secondary N) is 2. The molecule has 0 radical (unpaired) electrons. The second kappa shape index (κ2) is 5.83. The van der Waals surface area contributed by atoms with Crippen LogP contribution in [-0.2, 0) is 12.8 Å². The number of benzene rings is 1. The molecule has 1 atom stereocenters. The maximum atomic E-state index is 4.29. The van der Waals surface area contributed by atoms with Crippen molar-refractivity contribution in [3.63, 3.8) is 0 Å². The van der Waals surface area contributed by atoms with E-state index in [1.165, 1.54) is 16.7 Å². The van der Waals surface area contributed by atoms with Gasteiger partial charge in [-0.25, -0.2) is 4.98 Å². The lowest BCUT2D eigenvalue weighted by atomic mass is 9.97. The molecule has 96 valence electrons. The smallest absolute Gasteiger partial charge is 0.107 e. The third-order valence-electron chi connectivity index (χ3n) is 3.37. The standard InChI is InChI=1S/C15H21N3/c1-11-4-5-12(2)13(8-11)9-14(16-3)10-15-17-6-7-18-15/h4-8,14,16H,9-10H2,1-3H3,(H,17,18). The Hall–Kier alpha value is -1.61. The number of rotatable bonds is 5. The van der Waals surface area contributed by atoms with Crippen molar-refractivity contribution in [2.45, 2.75) is 32.7 Å². The summed E-state index contributed by atoms with van der Waals surface area (Å²) in [6, 6.07) is 7.06. The van der Waals surface area contributed by atoms with Crippen molar-refractivity contribution in [2.75, 3.05) is 7.05 Å². The quantitative estimate of drug-likeness (QED) is 0.846. The lowest BCUT2D eigenvalue weighted by Crippen LogP contribution is -2.30. The summed E-state index contributed by atoms with van der Waals surface area (Å²) in [4.78, 5) is 7.45. The predicted octanol–water partition coefficient (Wildman–Crippen LogP) is 2.40. The van der Waals surface area contributed by atoms with Crippen molar-refractivity contribution < 1.29 is 0 Å². The summed E-state index contributed by atoms with van der Waals surface area (Å²) >= 11 is 0. The van der Waals surface area contributed by atoms with E-state index in [1.54, 1.807) is 6.20 Å². The third-order valence-corrected chi connectivity index (χ3v) is 3.37. The van der Waals surface area contributed by atoms with Gasteiger partial charge < -0.3 is 10.3 Å². The Morgan fingerprint density at radius 2 is 2.11 bits per heavy atom. The molecule has 1 aromatic heterocycles. The van der Waals surface area contributed by atoms with Gasteiger partial charge in [-0.3, -0.25) is 0 Å². The van der Waals surface area contributed by atoms with E-state index < -0.39 is 0 Å². The van der Waals surface area contributed by atoms with Crippen LogP contribution in [0, 0.1) is 13.8 Å². The van der Waals surface area contributed by atoms with Gasteiger partial charge in [-0.1, -0.05) is 23.8 Å². The summed E-state index contributed by atoms with van der Waals surface area (Å²) in [6.07, 6.45) is 5.64. The SMILES string of the molecule is CNC(Cc1ncc[nH]1)Cc1cc(C)ccc1C. The van der Waals surface area contributed by atoms with E-state index in [0.29, 0.717) is 6.04 Å². The topological polar surface area (TPSA) is 40.7 Å². The zero-order valence-electron chi connectivity index (χ0n) is 11.3. The highest BCUT2D eigenvalue weighted by Gasteiger charge is 2.11. The second-order valence-electron chi connectivity index (χ2n) is 4.86. The number of aromatic nitrogens is 2. The van der Waals surface area contributed by atoms with Crippen molar-refractivity contribution in [2.24, 2.45) is 0 Å². The van der Waals surface area contributed by atoms with E-state index in [2.05, 4.69) is 47.3 Å².